The Balaban J connectivity index is 0.00000144. The van der Waals surface area contributed by atoms with E-state index in [-0.39, 0.29) is 57.1 Å². The van der Waals surface area contributed by atoms with Gasteiger partial charge in [-0.3, -0.25) is 0 Å². The Bertz CT molecular complexity index is 285. The summed E-state index contributed by atoms with van der Waals surface area (Å²) in [6, 6.07) is 0. The predicted molar refractivity (Wildman–Crippen MR) is 39.1 cm³/mol. The fourth-order valence-electron chi connectivity index (χ4n) is 0.887. The molecule has 0 amide bonds. The summed E-state index contributed by atoms with van der Waals surface area (Å²) in [5.74, 6) is 0. The number of hydrogen-bond donors (Lipinski definition) is 0. The summed E-state index contributed by atoms with van der Waals surface area (Å²) in [4.78, 5) is 1.04. The van der Waals surface area contributed by atoms with Crippen LogP contribution in [0.2, 0.25) is 0 Å². The van der Waals surface area contributed by atoms with E-state index in [1.165, 1.54) is 6.92 Å². The van der Waals surface area contributed by atoms with E-state index >= 15 is 0 Å². The van der Waals surface area contributed by atoms with Crippen LogP contribution in [0.5, 0.6) is 0 Å². The fraction of sp³-hybridized carbons (Fsp3) is 0.600. The minimum atomic E-state index is -5.01. The zero-order valence-corrected chi connectivity index (χ0v) is 10.9. The summed E-state index contributed by atoms with van der Waals surface area (Å²) in [7, 11) is 0. The van der Waals surface area contributed by atoms with Gasteiger partial charge in [0.25, 0.3) is 0 Å². The first-order valence-corrected chi connectivity index (χ1v) is 3.56. The summed E-state index contributed by atoms with van der Waals surface area (Å²) >= 11 is 0. The molecular formula is C5H8BF3KN3. The number of rotatable bonds is 2. The van der Waals surface area contributed by atoms with Crippen molar-refractivity contribution in [3.05, 3.63) is 5.69 Å². The molecule has 0 aliphatic heterocycles. The smallest absolute Gasteiger partial charge is 0.444 e. The summed E-state index contributed by atoms with van der Waals surface area (Å²) < 4.78 is 36.4. The zero-order valence-electron chi connectivity index (χ0n) is 7.76. The molecule has 8 heteroatoms. The molecule has 0 saturated heterocycles. The van der Waals surface area contributed by atoms with Crippen LogP contribution in [0.25, 0.3) is 0 Å². The van der Waals surface area contributed by atoms with Gasteiger partial charge >= 0.3 is 58.4 Å². The van der Waals surface area contributed by atoms with Gasteiger partial charge in [0.15, 0.2) is 0 Å². The molecule has 0 radical (unpaired) electrons. The van der Waals surface area contributed by atoms with Crippen LogP contribution in [-0.4, -0.2) is 22.0 Å². The van der Waals surface area contributed by atoms with Crippen molar-refractivity contribution in [2.75, 3.05) is 0 Å². The maximum absolute atomic E-state index is 12.1. The third kappa shape index (κ3) is 3.35. The van der Waals surface area contributed by atoms with Crippen molar-refractivity contribution in [2.24, 2.45) is 0 Å². The molecule has 0 aromatic carbocycles. The summed E-state index contributed by atoms with van der Waals surface area (Å²) in [6.07, 6.45) is 0. The van der Waals surface area contributed by atoms with Gasteiger partial charge in [-0.2, -0.15) is 15.0 Å². The number of nitrogens with zero attached hydrogens (tertiary/aromatic N) is 3. The van der Waals surface area contributed by atoms with Crippen molar-refractivity contribution < 1.29 is 64.3 Å². The second-order valence-electron chi connectivity index (χ2n) is 2.43. The summed E-state index contributed by atoms with van der Waals surface area (Å²) in [6.45, 7) is -1.66. The van der Waals surface area contributed by atoms with Crippen LogP contribution in [0.15, 0.2) is 0 Å². The molecule has 0 saturated carbocycles. The molecule has 3 nitrogen and oxygen atoms in total. The predicted octanol–water partition coefficient (Wildman–Crippen LogP) is -2.34. The molecule has 1 heterocycles. The average Bonchev–Trinajstić information content (AvgIpc) is 2.29. The molecule has 0 spiro atoms. The second-order valence-corrected chi connectivity index (χ2v) is 2.43. The molecule has 1 aromatic heterocycles. The molecule has 1 aromatic rings. The Morgan fingerprint density at radius 3 is 2.08 bits per heavy atom. The van der Waals surface area contributed by atoms with Gasteiger partial charge in [-0.1, -0.05) is 0 Å². The molecular weight excluding hydrogens is 209 g/mol. The largest absolute Gasteiger partial charge is 1.00 e. The molecule has 0 atom stereocenters. The first-order valence-electron chi connectivity index (χ1n) is 3.56. The third-order valence-corrected chi connectivity index (χ3v) is 1.45. The molecule has 0 fully saturated rings. The van der Waals surface area contributed by atoms with Crippen molar-refractivity contribution in [2.45, 2.75) is 20.4 Å². The van der Waals surface area contributed by atoms with E-state index in [9.17, 15) is 12.9 Å². The summed E-state index contributed by atoms with van der Waals surface area (Å²) in [5, 5.41) is 6.90. The maximum atomic E-state index is 12.1. The van der Waals surface area contributed by atoms with Crippen LogP contribution in [0.1, 0.15) is 12.6 Å². The fourth-order valence-corrected chi connectivity index (χ4v) is 0.887. The molecule has 0 N–H and O–H groups in total. The minimum Gasteiger partial charge on any atom is -0.444 e. The molecule has 1 rings (SSSR count). The Morgan fingerprint density at radius 1 is 1.31 bits per heavy atom. The quantitative estimate of drug-likeness (QED) is 0.520. The van der Waals surface area contributed by atoms with Crippen LogP contribution < -0.4 is 57.0 Å². The van der Waals surface area contributed by atoms with E-state index in [1.807, 2.05) is 0 Å². The van der Waals surface area contributed by atoms with Gasteiger partial charge in [0.1, 0.15) is 0 Å². The number of aromatic nitrogens is 3. The first-order chi connectivity index (χ1) is 5.45. The van der Waals surface area contributed by atoms with Gasteiger partial charge in [-0.15, -0.1) is 0 Å². The van der Waals surface area contributed by atoms with Gasteiger partial charge in [0, 0.05) is 5.59 Å². The van der Waals surface area contributed by atoms with E-state index in [0.29, 0.717) is 6.54 Å². The topological polar surface area (TPSA) is 30.7 Å². The van der Waals surface area contributed by atoms with Gasteiger partial charge in [-0.25, -0.2) is 0 Å². The van der Waals surface area contributed by atoms with Crippen LogP contribution in [0, 0.1) is 6.92 Å². The van der Waals surface area contributed by atoms with Gasteiger partial charge in [-0.05, 0) is 13.8 Å². The van der Waals surface area contributed by atoms with Crippen LogP contribution >= 0.6 is 0 Å². The van der Waals surface area contributed by atoms with Crippen molar-refractivity contribution in [1.29, 1.82) is 0 Å². The number of aryl methyl sites for hydroxylation is 2. The second kappa shape index (κ2) is 4.92. The minimum absolute atomic E-state index is 0. The monoisotopic (exact) mass is 217 g/mol. The Kier molecular flexibility index (Phi) is 5.16. The van der Waals surface area contributed by atoms with Gasteiger partial charge in [0.2, 0.25) is 0 Å². The molecule has 13 heavy (non-hydrogen) atoms. The molecule has 0 aliphatic rings. The van der Waals surface area contributed by atoms with Crippen LogP contribution in [0.3, 0.4) is 0 Å². The van der Waals surface area contributed by atoms with E-state index < -0.39 is 12.6 Å². The van der Waals surface area contributed by atoms with Gasteiger partial charge < -0.3 is 12.9 Å². The van der Waals surface area contributed by atoms with Crippen LogP contribution in [0.4, 0.5) is 12.9 Å². The Labute approximate surface area is 117 Å². The Morgan fingerprint density at radius 2 is 1.85 bits per heavy atom. The SMILES string of the molecule is CCn1nc(C)c([B-](F)(F)F)n1.[K+]. The third-order valence-electron chi connectivity index (χ3n) is 1.45. The standard InChI is InChI=1S/C5H8BF3N3.K/c1-3-12-10-4(2)5(11-12)6(7,8)9;/h3H2,1-2H3;/q-1;+1. The van der Waals surface area contributed by atoms with Crippen molar-refractivity contribution >= 4 is 12.6 Å². The van der Waals surface area contributed by atoms with E-state index in [0.717, 1.165) is 4.80 Å². The number of hydrogen-bond acceptors (Lipinski definition) is 2. The van der Waals surface area contributed by atoms with Gasteiger partial charge in [0.05, 0.1) is 12.2 Å². The molecule has 0 aliphatic carbocycles. The van der Waals surface area contributed by atoms with E-state index in [2.05, 4.69) is 10.2 Å². The van der Waals surface area contributed by atoms with Crippen molar-refractivity contribution in [3.63, 3.8) is 0 Å². The Hall–Kier alpha value is 0.631. The molecule has 68 valence electrons. The van der Waals surface area contributed by atoms with Crippen molar-refractivity contribution in [3.8, 4) is 0 Å². The van der Waals surface area contributed by atoms with E-state index in [4.69, 9.17) is 0 Å². The van der Waals surface area contributed by atoms with E-state index in [1.54, 1.807) is 6.92 Å². The number of halogens is 3. The molecule has 0 bridgehead atoms. The summed E-state index contributed by atoms with van der Waals surface area (Å²) in [5.41, 5.74) is -0.888. The zero-order chi connectivity index (χ0) is 9.35. The average molecular weight is 217 g/mol. The van der Waals surface area contributed by atoms with Crippen LogP contribution in [-0.2, 0) is 6.54 Å². The first kappa shape index (κ1) is 13.6. The molecule has 0 unspecified atom stereocenters. The normalized spacial score (nSPS) is 11.2. The maximum Gasteiger partial charge on any atom is 1.00 e. The van der Waals surface area contributed by atoms with Crippen molar-refractivity contribution in [1.82, 2.24) is 15.0 Å².